The molecule has 3 saturated carbocycles. The van der Waals surface area contributed by atoms with Gasteiger partial charge in [0.25, 0.3) is 0 Å². The smallest absolute Gasteiger partial charge is 0.187 e. The van der Waals surface area contributed by atoms with Crippen LogP contribution in [0.15, 0.2) is 11.6 Å². The van der Waals surface area contributed by atoms with Crippen molar-refractivity contribution in [1.29, 1.82) is 0 Å². The molecule has 4 aliphatic carbocycles. The van der Waals surface area contributed by atoms with Crippen LogP contribution in [0.5, 0.6) is 0 Å². The van der Waals surface area contributed by atoms with E-state index in [-0.39, 0.29) is 11.5 Å². The summed E-state index contributed by atoms with van der Waals surface area (Å²) < 4.78 is 36.8. The summed E-state index contributed by atoms with van der Waals surface area (Å²) in [4.78, 5) is 2.94. The predicted octanol–water partition coefficient (Wildman–Crippen LogP) is 0.155. The molecule has 16 heteroatoms. The van der Waals surface area contributed by atoms with Crippen molar-refractivity contribution in [3.8, 4) is 0 Å². The molecular formula is C45H73NO15. The molecule has 5 heterocycles. The minimum atomic E-state index is -1.83. The largest absolute Gasteiger partial charge is 0.394 e. The standard InChI is InChI=1S/C45H73NO15/c1-19-6-9-27-20(2)31-28(46(27)16-19)15-26-24-8-7-22-14-23(10-12-44(22,4)25(24)11-13-45(26,31)5)57-43-40(61-41-37(54)35(52)32(49)21(3)56-41)39(34(51)30(18-48)59-43)60-42-38(55)36(53)33(50)29(17-47)58-42/h7,19-21,23-43,47-55H,6,8-18H2,1-5H3/t19-,20+,21-,23-,24+,25-,26-,27-,28-,29-,30-,31-,32-,33-,34-,35-,36-,37+,38-,39-,40+,41-,42-,43-,44-,45-/m0/s1. The third kappa shape index (κ3) is 7.42. The van der Waals surface area contributed by atoms with Gasteiger partial charge in [0, 0.05) is 18.6 Å². The van der Waals surface area contributed by atoms with Crippen molar-refractivity contribution in [3.63, 3.8) is 0 Å². The van der Waals surface area contributed by atoms with Gasteiger partial charge in [0.1, 0.15) is 67.1 Å². The second-order valence-electron chi connectivity index (χ2n) is 21.2. The Morgan fingerprint density at radius 3 is 2.05 bits per heavy atom. The van der Waals surface area contributed by atoms with Crippen molar-refractivity contribution in [2.45, 2.75) is 203 Å². The van der Waals surface area contributed by atoms with Crippen molar-refractivity contribution >= 4 is 0 Å². The van der Waals surface area contributed by atoms with E-state index >= 15 is 0 Å². The topological polar surface area (TPSA) is 241 Å². The van der Waals surface area contributed by atoms with E-state index in [4.69, 9.17) is 28.4 Å². The Morgan fingerprint density at radius 2 is 1.33 bits per heavy atom. The lowest BCUT2D eigenvalue weighted by Gasteiger charge is -2.58. The monoisotopic (exact) mass is 867 g/mol. The van der Waals surface area contributed by atoms with Crippen LogP contribution in [0.25, 0.3) is 0 Å². The second kappa shape index (κ2) is 17.1. The zero-order valence-corrected chi connectivity index (χ0v) is 36.3. The van der Waals surface area contributed by atoms with E-state index in [2.05, 4.69) is 38.7 Å². The van der Waals surface area contributed by atoms with Crippen LogP contribution < -0.4 is 0 Å². The number of nitrogens with zero attached hydrogens (tertiary/aromatic N) is 1. The summed E-state index contributed by atoms with van der Waals surface area (Å²) in [5.41, 5.74) is 1.72. The van der Waals surface area contributed by atoms with Gasteiger partial charge in [-0.05, 0) is 111 Å². The first-order valence-corrected chi connectivity index (χ1v) is 23.4. The van der Waals surface area contributed by atoms with E-state index in [1.165, 1.54) is 51.1 Å². The quantitative estimate of drug-likeness (QED) is 0.148. The molecule has 0 aromatic heterocycles. The zero-order valence-electron chi connectivity index (χ0n) is 36.3. The summed E-state index contributed by atoms with van der Waals surface area (Å²) in [6, 6.07) is 1.43. The Hall–Kier alpha value is -0.900. The number of piperidine rings is 1. The van der Waals surface area contributed by atoms with E-state index in [9.17, 15) is 46.0 Å². The summed E-state index contributed by atoms with van der Waals surface area (Å²) >= 11 is 0. The van der Waals surface area contributed by atoms with Gasteiger partial charge in [0.2, 0.25) is 0 Å². The molecule has 5 saturated heterocycles. The number of aliphatic hydroxyl groups is 9. The average molecular weight is 868 g/mol. The SMILES string of the molecule is C[C@H]1CC[C@H]2[C@@H](C)[C@H]3[C@H](C[C@H]4[C@@H]5CC=C6C[C@@H](O[C@H]7O[C@@H](CO)[C@H](O)[C@H](O[C@@H]8O[C@@H](CO)[C@H](O)[C@H](O)[C@@H]8O)[C@H]7O[C@@H]7O[C@@H](C)[C@H](O)[C@H](O)[C@H]7O)CC[C@]6(C)[C@H]5CC[C@]34C)N2C1. The molecule has 16 nitrogen and oxygen atoms in total. The fraction of sp³-hybridized carbons (Fsp3) is 0.956. The highest BCUT2D eigenvalue weighted by Gasteiger charge is 2.66. The maximum atomic E-state index is 11.6. The Bertz CT molecular complexity index is 1590. The first-order valence-electron chi connectivity index (χ1n) is 23.4. The van der Waals surface area contributed by atoms with E-state index in [1.54, 1.807) is 0 Å². The fourth-order valence-electron chi connectivity index (χ4n) is 14.7. The van der Waals surface area contributed by atoms with E-state index in [0.717, 1.165) is 36.6 Å². The molecule has 0 amide bonds. The van der Waals surface area contributed by atoms with E-state index in [1.807, 2.05) is 0 Å². The van der Waals surface area contributed by atoms with Crippen LogP contribution in [0, 0.1) is 46.3 Å². The Labute approximate surface area is 359 Å². The number of hydrogen-bond donors (Lipinski definition) is 9. The van der Waals surface area contributed by atoms with Gasteiger partial charge in [-0.15, -0.1) is 0 Å². The summed E-state index contributed by atoms with van der Waals surface area (Å²) in [7, 11) is 0. The van der Waals surface area contributed by atoms with Crippen molar-refractivity contribution in [2.75, 3.05) is 19.8 Å². The molecule has 26 atom stereocenters. The van der Waals surface area contributed by atoms with Crippen LogP contribution in [0.4, 0.5) is 0 Å². The lowest BCUT2D eigenvalue weighted by atomic mass is 9.47. The molecule has 0 unspecified atom stereocenters. The Kier molecular flexibility index (Phi) is 12.7. The minimum Gasteiger partial charge on any atom is -0.394 e. The normalized spacial score (nSPS) is 57.3. The fourth-order valence-corrected chi connectivity index (χ4v) is 14.7. The van der Waals surface area contributed by atoms with Crippen LogP contribution in [-0.4, -0.2) is 181 Å². The number of aliphatic hydroxyl groups excluding tert-OH is 9. The molecule has 8 fully saturated rings. The molecule has 61 heavy (non-hydrogen) atoms. The number of hydrogen-bond acceptors (Lipinski definition) is 16. The molecule has 9 N–H and O–H groups in total. The van der Waals surface area contributed by atoms with Crippen LogP contribution in [0.2, 0.25) is 0 Å². The van der Waals surface area contributed by atoms with E-state index in [0.29, 0.717) is 42.1 Å². The van der Waals surface area contributed by atoms with Crippen LogP contribution in [0.1, 0.15) is 92.4 Å². The van der Waals surface area contributed by atoms with Gasteiger partial charge in [0.05, 0.1) is 25.4 Å². The molecule has 0 aromatic carbocycles. The van der Waals surface area contributed by atoms with Gasteiger partial charge in [-0.3, -0.25) is 4.90 Å². The Morgan fingerprint density at radius 1 is 0.672 bits per heavy atom. The number of rotatable bonds is 8. The number of allylic oxidation sites excluding steroid dienone is 1. The van der Waals surface area contributed by atoms with Crippen molar-refractivity contribution in [1.82, 2.24) is 4.90 Å². The summed E-state index contributed by atoms with van der Waals surface area (Å²) in [6.45, 7) is 11.4. The van der Waals surface area contributed by atoms with Crippen molar-refractivity contribution in [2.24, 2.45) is 46.3 Å². The molecule has 0 spiro atoms. The molecule has 0 bridgehead atoms. The Balaban J connectivity index is 0.952. The van der Waals surface area contributed by atoms with Crippen LogP contribution >= 0.6 is 0 Å². The molecular weight excluding hydrogens is 794 g/mol. The number of ether oxygens (including phenoxy) is 6. The molecule has 5 aliphatic heterocycles. The summed E-state index contributed by atoms with van der Waals surface area (Å²) in [6.07, 6.45) is -11.1. The molecule has 0 aromatic rings. The van der Waals surface area contributed by atoms with Gasteiger partial charge in [-0.25, -0.2) is 0 Å². The minimum absolute atomic E-state index is 0.00462. The van der Waals surface area contributed by atoms with Crippen molar-refractivity contribution in [3.05, 3.63) is 11.6 Å². The molecule has 0 radical (unpaired) electrons. The van der Waals surface area contributed by atoms with Gasteiger partial charge in [-0.2, -0.15) is 0 Å². The highest BCUT2D eigenvalue weighted by Crippen LogP contribution is 2.70. The molecule has 9 aliphatic rings. The zero-order chi connectivity index (χ0) is 43.4. The highest BCUT2D eigenvalue weighted by molar-refractivity contribution is 5.27. The van der Waals surface area contributed by atoms with Crippen LogP contribution in [-0.2, 0) is 28.4 Å². The van der Waals surface area contributed by atoms with Crippen molar-refractivity contribution < 1.29 is 74.4 Å². The maximum absolute atomic E-state index is 11.6. The lowest BCUT2D eigenvalue weighted by molar-refractivity contribution is -0.394. The highest BCUT2D eigenvalue weighted by atomic mass is 16.8. The molecule has 348 valence electrons. The van der Waals surface area contributed by atoms with Gasteiger partial charge >= 0.3 is 0 Å². The van der Waals surface area contributed by atoms with Crippen LogP contribution in [0.3, 0.4) is 0 Å². The number of fused-ring (bicyclic) bond motifs is 9. The van der Waals surface area contributed by atoms with Gasteiger partial charge in [-0.1, -0.05) is 39.3 Å². The second-order valence-corrected chi connectivity index (χ2v) is 21.2. The first kappa shape index (κ1) is 45.3. The third-order valence-electron chi connectivity index (χ3n) is 18.0. The lowest BCUT2D eigenvalue weighted by Crippen LogP contribution is -2.67. The predicted molar refractivity (Wildman–Crippen MR) is 215 cm³/mol. The molecule has 9 rings (SSSR count). The summed E-state index contributed by atoms with van der Waals surface area (Å²) in [5.74, 6) is 4.15. The third-order valence-corrected chi connectivity index (χ3v) is 18.0. The average Bonchev–Trinajstić information content (AvgIpc) is 3.71. The summed E-state index contributed by atoms with van der Waals surface area (Å²) in [5, 5.41) is 95.8. The van der Waals surface area contributed by atoms with Gasteiger partial charge < -0.3 is 74.4 Å². The first-order chi connectivity index (χ1) is 29.0. The maximum Gasteiger partial charge on any atom is 0.187 e. The van der Waals surface area contributed by atoms with E-state index < -0.39 is 105 Å². The van der Waals surface area contributed by atoms with Gasteiger partial charge in [0.15, 0.2) is 18.9 Å².